The van der Waals surface area contributed by atoms with Gasteiger partial charge in [-0.3, -0.25) is 0 Å². The monoisotopic (exact) mass is 405 g/mol. The Morgan fingerprint density at radius 2 is 1.90 bits per heavy atom. The van der Waals surface area contributed by atoms with Gasteiger partial charge in [-0.25, -0.2) is 5.10 Å². The number of benzene rings is 2. The second-order valence-electron chi connectivity index (χ2n) is 6.60. The van der Waals surface area contributed by atoms with Crippen LogP contribution in [0.5, 0.6) is 5.75 Å². The first kappa shape index (κ1) is 19.1. The van der Waals surface area contributed by atoms with Gasteiger partial charge in [0.1, 0.15) is 5.75 Å². The van der Waals surface area contributed by atoms with E-state index in [9.17, 15) is 0 Å². The van der Waals surface area contributed by atoms with Crippen molar-refractivity contribution < 1.29 is 4.74 Å². The number of H-pyrrole nitrogens is 1. The van der Waals surface area contributed by atoms with E-state index in [2.05, 4.69) is 46.8 Å². The predicted molar refractivity (Wildman–Crippen MR) is 119 cm³/mol. The molecule has 0 saturated heterocycles. The number of nitrogens with zero attached hydrogens (tertiary/aromatic N) is 4. The summed E-state index contributed by atoms with van der Waals surface area (Å²) < 4.78 is 10.1. The van der Waals surface area contributed by atoms with Crippen LogP contribution in [0.2, 0.25) is 0 Å². The van der Waals surface area contributed by atoms with Crippen molar-refractivity contribution in [2.75, 3.05) is 6.61 Å². The van der Waals surface area contributed by atoms with Gasteiger partial charge >= 0.3 is 0 Å². The summed E-state index contributed by atoms with van der Waals surface area (Å²) in [6.07, 6.45) is 1.86. The molecular formula is C22H23N5OS. The minimum atomic E-state index is 0.430. The van der Waals surface area contributed by atoms with Crippen LogP contribution in [0.3, 0.4) is 0 Å². The average Bonchev–Trinajstić information content (AvgIpc) is 3.23. The molecule has 0 aliphatic rings. The topological polar surface area (TPSA) is 60.1 Å². The molecule has 0 atom stereocenters. The number of nitrogens with one attached hydrogen (secondary N) is 1. The number of hydrogen-bond donors (Lipinski definition) is 1. The van der Waals surface area contributed by atoms with Crippen LogP contribution >= 0.6 is 12.2 Å². The first-order valence-corrected chi connectivity index (χ1v) is 10.1. The molecular weight excluding hydrogens is 382 g/mol. The lowest BCUT2D eigenvalue weighted by Gasteiger charge is -2.08. The summed E-state index contributed by atoms with van der Waals surface area (Å²) in [7, 11) is 0. The largest absolute Gasteiger partial charge is 0.493 e. The lowest BCUT2D eigenvalue weighted by atomic mass is 10.1. The van der Waals surface area contributed by atoms with Crippen LogP contribution in [-0.2, 0) is 6.54 Å². The predicted octanol–water partition coefficient (Wildman–Crippen LogP) is 5.17. The van der Waals surface area contributed by atoms with Crippen molar-refractivity contribution in [2.24, 2.45) is 5.10 Å². The molecule has 2 aromatic heterocycles. The van der Waals surface area contributed by atoms with E-state index in [1.54, 1.807) is 4.68 Å². The van der Waals surface area contributed by atoms with Gasteiger partial charge in [-0.1, -0.05) is 30.3 Å². The lowest BCUT2D eigenvalue weighted by Crippen LogP contribution is -2.00. The third kappa shape index (κ3) is 3.38. The van der Waals surface area contributed by atoms with Gasteiger partial charge in [0.25, 0.3) is 0 Å². The van der Waals surface area contributed by atoms with Gasteiger partial charge in [0.05, 0.1) is 18.4 Å². The molecule has 0 unspecified atom stereocenters. The van der Waals surface area contributed by atoms with Crippen LogP contribution in [0.25, 0.3) is 22.3 Å². The zero-order valence-electron chi connectivity index (χ0n) is 16.7. The summed E-state index contributed by atoms with van der Waals surface area (Å²) in [4.78, 5) is 0. The summed E-state index contributed by atoms with van der Waals surface area (Å²) >= 11 is 5.44. The molecule has 2 aromatic carbocycles. The molecule has 0 radical (unpaired) electrons. The van der Waals surface area contributed by atoms with E-state index < -0.39 is 0 Å². The van der Waals surface area contributed by atoms with E-state index in [0.717, 1.165) is 23.4 Å². The van der Waals surface area contributed by atoms with Gasteiger partial charge < -0.3 is 9.30 Å². The van der Waals surface area contributed by atoms with Crippen LogP contribution in [0.1, 0.15) is 25.1 Å². The summed E-state index contributed by atoms with van der Waals surface area (Å²) in [5, 5.41) is 13.1. The third-order valence-corrected chi connectivity index (χ3v) is 5.24. The maximum atomic E-state index is 5.76. The van der Waals surface area contributed by atoms with Crippen LogP contribution in [0, 0.1) is 11.7 Å². The Hall–Kier alpha value is -3.19. The van der Waals surface area contributed by atoms with Crippen LogP contribution in [-0.4, -0.2) is 32.3 Å². The van der Waals surface area contributed by atoms with E-state index in [1.165, 1.54) is 16.6 Å². The minimum absolute atomic E-state index is 0.430. The highest BCUT2D eigenvalue weighted by molar-refractivity contribution is 7.71. The summed E-state index contributed by atoms with van der Waals surface area (Å²) in [6.45, 7) is 7.69. The summed E-state index contributed by atoms with van der Waals surface area (Å²) in [6, 6.07) is 16.1. The zero-order chi connectivity index (χ0) is 20.4. The highest BCUT2D eigenvalue weighted by Gasteiger charge is 2.15. The number of aromatic nitrogens is 4. The Balaban J connectivity index is 1.83. The Kier molecular flexibility index (Phi) is 5.31. The van der Waals surface area contributed by atoms with E-state index in [-0.39, 0.29) is 0 Å². The third-order valence-electron chi connectivity index (χ3n) is 4.98. The van der Waals surface area contributed by atoms with Gasteiger partial charge in [-0.15, -0.1) is 0 Å². The van der Waals surface area contributed by atoms with Crippen molar-refractivity contribution in [3.63, 3.8) is 0 Å². The van der Waals surface area contributed by atoms with Crippen molar-refractivity contribution in [3.8, 4) is 17.1 Å². The second kappa shape index (κ2) is 8.05. The van der Waals surface area contributed by atoms with E-state index in [4.69, 9.17) is 22.1 Å². The molecule has 0 amide bonds. The number of rotatable bonds is 6. The van der Waals surface area contributed by atoms with Gasteiger partial charge in [-0.2, -0.15) is 14.9 Å². The number of para-hydroxylation sites is 2. The van der Waals surface area contributed by atoms with Crippen molar-refractivity contribution in [1.29, 1.82) is 0 Å². The smallest absolute Gasteiger partial charge is 0.216 e. The van der Waals surface area contributed by atoms with E-state index in [0.29, 0.717) is 17.2 Å². The van der Waals surface area contributed by atoms with Crippen molar-refractivity contribution in [1.82, 2.24) is 19.4 Å². The molecule has 4 aromatic rings. The van der Waals surface area contributed by atoms with E-state index in [1.807, 2.05) is 43.5 Å². The van der Waals surface area contributed by atoms with Crippen LogP contribution in [0.4, 0.5) is 0 Å². The van der Waals surface area contributed by atoms with Crippen molar-refractivity contribution >= 4 is 29.3 Å². The highest BCUT2D eigenvalue weighted by Crippen LogP contribution is 2.29. The Labute approximate surface area is 174 Å². The quantitative estimate of drug-likeness (QED) is 0.355. The number of hydrogen-bond acceptors (Lipinski definition) is 4. The lowest BCUT2D eigenvalue weighted by molar-refractivity contribution is 0.341. The fourth-order valence-electron chi connectivity index (χ4n) is 3.65. The van der Waals surface area contributed by atoms with E-state index >= 15 is 0 Å². The number of aryl methyl sites for hydroxylation is 1. The molecule has 7 heteroatoms. The first-order chi connectivity index (χ1) is 14.2. The fraction of sp³-hybridized carbons (Fsp3) is 0.227. The molecule has 0 spiro atoms. The van der Waals surface area contributed by atoms with Gasteiger partial charge in [-0.05, 0) is 51.2 Å². The molecule has 1 N–H and O–H groups in total. The molecule has 0 saturated carbocycles. The maximum absolute atomic E-state index is 5.76. The molecule has 0 aliphatic carbocycles. The standard InChI is InChI=1S/C22H23N5OS/c1-4-26-15(3)18(16-10-6-8-12-19(16)26)14-23-27-21(24-25-22(27)29)17-11-7-9-13-20(17)28-5-2/h6-14H,4-5H2,1-3H3,(H,25,29)/b23-14-. The zero-order valence-corrected chi connectivity index (χ0v) is 17.5. The Bertz CT molecular complexity index is 1250. The molecule has 0 fully saturated rings. The van der Waals surface area contributed by atoms with Crippen molar-refractivity contribution in [2.45, 2.75) is 27.3 Å². The van der Waals surface area contributed by atoms with Gasteiger partial charge in [0.2, 0.25) is 4.77 Å². The molecule has 0 aliphatic heterocycles. The fourth-order valence-corrected chi connectivity index (χ4v) is 3.83. The average molecular weight is 406 g/mol. The highest BCUT2D eigenvalue weighted by atomic mass is 32.1. The Morgan fingerprint density at radius 1 is 1.14 bits per heavy atom. The molecule has 6 nitrogen and oxygen atoms in total. The summed E-state index contributed by atoms with van der Waals surface area (Å²) in [5.74, 6) is 1.37. The minimum Gasteiger partial charge on any atom is -0.493 e. The van der Waals surface area contributed by atoms with Crippen LogP contribution in [0.15, 0.2) is 53.6 Å². The van der Waals surface area contributed by atoms with Gasteiger partial charge in [0, 0.05) is 28.7 Å². The molecule has 4 rings (SSSR count). The number of ether oxygens (including phenoxy) is 1. The molecule has 148 valence electrons. The molecule has 2 heterocycles. The normalized spacial score (nSPS) is 11.6. The summed E-state index contributed by atoms with van der Waals surface area (Å²) in [5.41, 5.74) is 4.29. The number of aromatic amines is 1. The molecule has 29 heavy (non-hydrogen) atoms. The Morgan fingerprint density at radius 3 is 2.69 bits per heavy atom. The molecule has 0 bridgehead atoms. The second-order valence-corrected chi connectivity index (χ2v) is 6.99. The SMILES string of the molecule is CCOc1ccccc1-c1n[nH]c(=S)n1/N=C\c1c(C)n(CC)c2ccccc12. The van der Waals surface area contributed by atoms with Crippen molar-refractivity contribution in [3.05, 3.63) is 64.6 Å². The maximum Gasteiger partial charge on any atom is 0.216 e. The van der Waals surface area contributed by atoms with Gasteiger partial charge in [0.15, 0.2) is 5.82 Å². The first-order valence-electron chi connectivity index (χ1n) is 9.67. The van der Waals surface area contributed by atoms with Crippen LogP contribution < -0.4 is 4.74 Å². The number of fused-ring (bicyclic) bond motifs is 1.